The van der Waals surface area contributed by atoms with Gasteiger partial charge in [-0.25, -0.2) is 4.79 Å². The molecule has 0 radical (unpaired) electrons. The van der Waals surface area contributed by atoms with Crippen LogP contribution < -0.4 is 4.74 Å². The highest BCUT2D eigenvalue weighted by atomic mass is 16.5. The second-order valence-corrected chi connectivity index (χ2v) is 4.91. The lowest BCUT2D eigenvalue weighted by Gasteiger charge is -2.11. The van der Waals surface area contributed by atoms with Crippen LogP contribution in [0.15, 0.2) is 30.4 Å². The van der Waals surface area contributed by atoms with Crippen LogP contribution in [0.25, 0.3) is 0 Å². The van der Waals surface area contributed by atoms with Crippen molar-refractivity contribution in [3.8, 4) is 5.75 Å². The zero-order chi connectivity index (χ0) is 15.1. The first-order valence-corrected chi connectivity index (χ1v) is 6.65. The number of hydrogen-bond donors (Lipinski definition) is 1. The summed E-state index contributed by atoms with van der Waals surface area (Å²) in [5, 5.41) is 8.54. The lowest BCUT2D eigenvalue weighted by Crippen LogP contribution is -2.06. The minimum atomic E-state index is -1.13. The largest absolute Gasteiger partial charge is 0.493 e. The average molecular weight is 276 g/mol. The highest BCUT2D eigenvalue weighted by molar-refractivity contribution is 6.07. The molecule has 1 rings (SSSR count). The minimum absolute atomic E-state index is 0.306. The van der Waals surface area contributed by atoms with Gasteiger partial charge >= 0.3 is 5.97 Å². The molecule has 0 heterocycles. The van der Waals surface area contributed by atoms with Gasteiger partial charge in [-0.1, -0.05) is 20.8 Å². The standard InChI is InChI=1S/C16H20O4/c1-4-12-9-13(20-10-11(2)3)5-6-14(12)15(17)7-8-16(18)19/h5-9,11H,4,10H2,1-3H3,(H,18,19)/b8-7+. The number of rotatable bonds is 7. The van der Waals surface area contributed by atoms with E-state index < -0.39 is 5.97 Å². The monoisotopic (exact) mass is 276 g/mol. The van der Waals surface area contributed by atoms with Gasteiger partial charge in [0.1, 0.15) is 5.75 Å². The first kappa shape index (κ1) is 16.0. The Morgan fingerprint density at radius 1 is 1.30 bits per heavy atom. The van der Waals surface area contributed by atoms with E-state index in [-0.39, 0.29) is 5.78 Å². The molecule has 0 fully saturated rings. The van der Waals surface area contributed by atoms with E-state index in [2.05, 4.69) is 13.8 Å². The van der Waals surface area contributed by atoms with E-state index in [0.29, 0.717) is 24.5 Å². The molecule has 0 saturated heterocycles. The maximum Gasteiger partial charge on any atom is 0.328 e. The molecule has 0 spiro atoms. The van der Waals surface area contributed by atoms with Gasteiger partial charge in [-0.3, -0.25) is 4.79 Å². The summed E-state index contributed by atoms with van der Waals surface area (Å²) in [6.45, 7) is 6.69. The Kier molecular flexibility index (Phi) is 5.97. The van der Waals surface area contributed by atoms with Crippen LogP contribution in [0.4, 0.5) is 0 Å². The van der Waals surface area contributed by atoms with E-state index in [1.165, 1.54) is 0 Å². The molecule has 0 aliphatic heterocycles. The second kappa shape index (κ2) is 7.48. The second-order valence-electron chi connectivity index (χ2n) is 4.91. The predicted octanol–water partition coefficient (Wildman–Crippen LogP) is 3.11. The molecule has 0 unspecified atom stereocenters. The highest BCUT2D eigenvalue weighted by Crippen LogP contribution is 2.20. The average Bonchev–Trinajstić information content (AvgIpc) is 2.42. The van der Waals surface area contributed by atoms with Crippen LogP contribution in [0.1, 0.15) is 36.7 Å². The van der Waals surface area contributed by atoms with Crippen LogP contribution in [0, 0.1) is 5.92 Å². The Hall–Kier alpha value is -2.10. The smallest absolute Gasteiger partial charge is 0.328 e. The molecular formula is C16H20O4. The third-order valence-corrected chi connectivity index (χ3v) is 2.68. The number of carboxylic acids is 1. The summed E-state index contributed by atoms with van der Waals surface area (Å²) in [5.41, 5.74) is 1.37. The molecule has 1 aromatic carbocycles. The predicted molar refractivity (Wildman–Crippen MR) is 77.3 cm³/mol. The zero-order valence-electron chi connectivity index (χ0n) is 12.1. The lowest BCUT2D eigenvalue weighted by molar-refractivity contribution is -0.131. The molecule has 0 saturated carbocycles. The molecule has 20 heavy (non-hydrogen) atoms. The molecule has 0 aromatic heterocycles. The molecule has 1 aromatic rings. The minimum Gasteiger partial charge on any atom is -0.493 e. The van der Waals surface area contributed by atoms with Crippen molar-refractivity contribution in [3.05, 3.63) is 41.5 Å². The van der Waals surface area contributed by atoms with Gasteiger partial charge in [-0.2, -0.15) is 0 Å². The van der Waals surface area contributed by atoms with Gasteiger partial charge in [0.25, 0.3) is 0 Å². The molecule has 0 aliphatic carbocycles. The van der Waals surface area contributed by atoms with Crippen molar-refractivity contribution in [3.63, 3.8) is 0 Å². The van der Waals surface area contributed by atoms with E-state index in [1.807, 2.05) is 13.0 Å². The van der Waals surface area contributed by atoms with Gasteiger partial charge in [0, 0.05) is 11.6 Å². The Bertz CT molecular complexity index is 515. The molecule has 108 valence electrons. The fraction of sp³-hybridized carbons (Fsp3) is 0.375. The fourth-order valence-electron chi connectivity index (χ4n) is 1.69. The molecule has 1 N–H and O–H groups in total. The molecule has 0 atom stereocenters. The maximum atomic E-state index is 11.9. The highest BCUT2D eigenvalue weighted by Gasteiger charge is 2.10. The number of aliphatic carboxylic acids is 1. The van der Waals surface area contributed by atoms with Crippen molar-refractivity contribution in [1.29, 1.82) is 0 Å². The molecule has 4 heteroatoms. The number of ketones is 1. The Labute approximate surface area is 119 Å². The summed E-state index contributed by atoms with van der Waals surface area (Å²) < 4.78 is 5.62. The summed E-state index contributed by atoms with van der Waals surface area (Å²) in [6, 6.07) is 5.26. The number of carboxylic acid groups (broad SMARTS) is 1. The number of carbonyl (C=O) groups is 2. The van der Waals surface area contributed by atoms with Crippen LogP contribution in [-0.4, -0.2) is 23.5 Å². The molecule has 0 aliphatic rings. The van der Waals surface area contributed by atoms with Gasteiger partial charge in [-0.05, 0) is 42.2 Å². The van der Waals surface area contributed by atoms with Crippen molar-refractivity contribution in [2.45, 2.75) is 27.2 Å². The normalized spacial score (nSPS) is 11.0. The SMILES string of the molecule is CCc1cc(OCC(C)C)ccc1C(=O)/C=C/C(=O)O. The van der Waals surface area contributed by atoms with Gasteiger partial charge in [0.2, 0.25) is 0 Å². The third-order valence-electron chi connectivity index (χ3n) is 2.68. The number of hydrogen-bond acceptors (Lipinski definition) is 3. The number of ether oxygens (including phenoxy) is 1. The Balaban J connectivity index is 2.93. The van der Waals surface area contributed by atoms with Crippen LogP contribution in [0.2, 0.25) is 0 Å². The maximum absolute atomic E-state index is 11.9. The van der Waals surface area contributed by atoms with E-state index in [1.54, 1.807) is 12.1 Å². The summed E-state index contributed by atoms with van der Waals surface area (Å²) in [4.78, 5) is 22.3. The van der Waals surface area contributed by atoms with E-state index in [0.717, 1.165) is 23.5 Å². The van der Waals surface area contributed by atoms with Crippen molar-refractivity contribution in [2.24, 2.45) is 5.92 Å². The topological polar surface area (TPSA) is 63.6 Å². The van der Waals surface area contributed by atoms with Gasteiger partial charge in [0.15, 0.2) is 5.78 Å². The molecule has 4 nitrogen and oxygen atoms in total. The third kappa shape index (κ3) is 4.88. The number of aryl methyl sites for hydroxylation is 1. The fourth-order valence-corrected chi connectivity index (χ4v) is 1.69. The Morgan fingerprint density at radius 2 is 2.00 bits per heavy atom. The van der Waals surface area contributed by atoms with E-state index in [4.69, 9.17) is 9.84 Å². The summed E-state index contributed by atoms with van der Waals surface area (Å²) in [6.07, 6.45) is 2.61. The number of carbonyl (C=O) groups excluding carboxylic acids is 1. The summed E-state index contributed by atoms with van der Waals surface area (Å²) >= 11 is 0. The summed E-state index contributed by atoms with van der Waals surface area (Å²) in [7, 11) is 0. The van der Waals surface area contributed by atoms with Gasteiger partial charge < -0.3 is 9.84 Å². The summed E-state index contributed by atoms with van der Waals surface area (Å²) in [5.74, 6) is -0.276. The number of benzene rings is 1. The van der Waals surface area contributed by atoms with E-state index >= 15 is 0 Å². The number of allylic oxidation sites excluding steroid dienone is 1. The lowest BCUT2D eigenvalue weighted by atomic mass is 10.0. The van der Waals surface area contributed by atoms with Crippen LogP contribution in [0.3, 0.4) is 0 Å². The van der Waals surface area contributed by atoms with Crippen LogP contribution in [-0.2, 0) is 11.2 Å². The van der Waals surface area contributed by atoms with Crippen molar-refractivity contribution in [2.75, 3.05) is 6.61 Å². The van der Waals surface area contributed by atoms with Crippen molar-refractivity contribution < 1.29 is 19.4 Å². The van der Waals surface area contributed by atoms with Crippen LogP contribution >= 0.6 is 0 Å². The zero-order valence-corrected chi connectivity index (χ0v) is 12.1. The molecule has 0 amide bonds. The molecule has 0 bridgehead atoms. The van der Waals surface area contributed by atoms with Gasteiger partial charge in [0.05, 0.1) is 6.61 Å². The van der Waals surface area contributed by atoms with Crippen LogP contribution in [0.5, 0.6) is 5.75 Å². The van der Waals surface area contributed by atoms with Crippen molar-refractivity contribution >= 4 is 11.8 Å². The van der Waals surface area contributed by atoms with Gasteiger partial charge in [-0.15, -0.1) is 0 Å². The van der Waals surface area contributed by atoms with Crippen molar-refractivity contribution in [1.82, 2.24) is 0 Å². The first-order valence-electron chi connectivity index (χ1n) is 6.65. The van der Waals surface area contributed by atoms with E-state index in [9.17, 15) is 9.59 Å². The molecular weight excluding hydrogens is 256 g/mol. The first-order chi connectivity index (χ1) is 9.43. The quantitative estimate of drug-likeness (QED) is 0.614. The Morgan fingerprint density at radius 3 is 2.55 bits per heavy atom.